The van der Waals surface area contributed by atoms with Crippen LogP contribution >= 0.6 is 23.4 Å². The van der Waals surface area contributed by atoms with Crippen LogP contribution in [0.15, 0.2) is 65.6 Å². The van der Waals surface area contributed by atoms with E-state index in [1.165, 1.54) is 23.9 Å². The highest BCUT2D eigenvalue weighted by Crippen LogP contribution is 2.41. The molecule has 0 unspecified atom stereocenters. The van der Waals surface area contributed by atoms with Gasteiger partial charge in [0.1, 0.15) is 5.82 Å². The zero-order valence-electron chi connectivity index (χ0n) is 15.4. The molecule has 6 heteroatoms. The fraction of sp³-hybridized carbons (Fsp3) is 0.136. The Morgan fingerprint density at radius 1 is 1.11 bits per heavy atom. The lowest BCUT2D eigenvalue weighted by molar-refractivity contribution is 0.0692. The molecule has 3 aromatic rings. The van der Waals surface area contributed by atoms with Crippen LogP contribution in [0, 0.1) is 5.82 Å². The van der Waals surface area contributed by atoms with Gasteiger partial charge in [-0.1, -0.05) is 41.9 Å². The van der Waals surface area contributed by atoms with Crippen LogP contribution in [0.4, 0.5) is 15.8 Å². The number of carbonyl (C=O) groups is 1. The van der Waals surface area contributed by atoms with E-state index in [4.69, 9.17) is 11.6 Å². The van der Waals surface area contributed by atoms with E-state index in [1.54, 1.807) is 6.07 Å². The average molecular weight is 416 g/mol. The quantitative estimate of drug-likeness (QED) is 0.453. The molecule has 3 rings (SSSR count). The minimum Gasteiger partial charge on any atom is -0.478 e. The summed E-state index contributed by atoms with van der Waals surface area (Å²) in [6.45, 7) is 2.78. The molecule has 0 spiro atoms. The highest BCUT2D eigenvalue weighted by Gasteiger charge is 2.20. The molecule has 0 atom stereocenters. The molecule has 0 amide bonds. The summed E-state index contributed by atoms with van der Waals surface area (Å²) in [5.74, 6) is -2.09. The number of halogens is 2. The Kier molecular flexibility index (Phi) is 6.27. The summed E-state index contributed by atoms with van der Waals surface area (Å²) < 4.78 is 14.8. The van der Waals surface area contributed by atoms with Gasteiger partial charge >= 0.3 is 5.97 Å². The lowest BCUT2D eigenvalue weighted by atomic mass is 10.0. The zero-order valence-corrected chi connectivity index (χ0v) is 17.0. The fourth-order valence-electron chi connectivity index (χ4n) is 3.13. The number of carboxylic acids is 1. The van der Waals surface area contributed by atoms with Crippen LogP contribution in [0.2, 0.25) is 5.02 Å². The van der Waals surface area contributed by atoms with Gasteiger partial charge in [-0.05, 0) is 43.5 Å². The van der Waals surface area contributed by atoms with Gasteiger partial charge in [0.05, 0.1) is 16.3 Å². The van der Waals surface area contributed by atoms with E-state index in [-0.39, 0.29) is 11.1 Å². The number of carboxylic acid groups (broad SMARTS) is 1. The van der Waals surface area contributed by atoms with Gasteiger partial charge in [-0.25, -0.2) is 9.18 Å². The van der Waals surface area contributed by atoms with Gasteiger partial charge < -0.3 is 10.0 Å². The van der Waals surface area contributed by atoms with Crippen LogP contribution in [0.3, 0.4) is 0 Å². The van der Waals surface area contributed by atoms with Crippen LogP contribution in [-0.2, 0) is 0 Å². The van der Waals surface area contributed by atoms with E-state index in [2.05, 4.69) is 11.8 Å². The first kappa shape index (κ1) is 20.2. The molecule has 0 aliphatic carbocycles. The first-order chi connectivity index (χ1) is 13.5. The Balaban J connectivity index is 2.16. The van der Waals surface area contributed by atoms with Gasteiger partial charge in [-0.3, -0.25) is 0 Å². The number of hydrogen-bond acceptors (Lipinski definition) is 3. The zero-order chi connectivity index (χ0) is 20.3. The van der Waals surface area contributed by atoms with Gasteiger partial charge in [0.15, 0.2) is 0 Å². The standard InChI is InChI=1S/C22H19ClFNO2S/c1-3-25(14-8-5-4-6-9-14)19-13-18(23)17(12-20(19)28-2)15-10-7-11-16(21(15)24)22(26)27/h4-13H,3H2,1-2H3,(H,26,27). The molecule has 3 aromatic carbocycles. The van der Waals surface area contributed by atoms with Gasteiger partial charge in [-0.2, -0.15) is 0 Å². The highest BCUT2D eigenvalue weighted by molar-refractivity contribution is 7.98. The van der Waals surface area contributed by atoms with Gasteiger partial charge in [0, 0.05) is 28.3 Å². The van der Waals surface area contributed by atoms with Crippen molar-refractivity contribution in [2.75, 3.05) is 17.7 Å². The molecule has 0 fully saturated rings. The van der Waals surface area contributed by atoms with Crippen molar-refractivity contribution in [2.24, 2.45) is 0 Å². The SMILES string of the molecule is CCN(c1ccccc1)c1cc(Cl)c(-c2cccc(C(=O)O)c2F)cc1SC. The molecular formula is C22H19ClFNO2S. The Hall–Kier alpha value is -2.50. The topological polar surface area (TPSA) is 40.5 Å². The summed E-state index contributed by atoms with van der Waals surface area (Å²) in [4.78, 5) is 14.3. The molecule has 144 valence electrons. The summed E-state index contributed by atoms with van der Waals surface area (Å²) in [6, 6.07) is 17.9. The van der Waals surface area contributed by atoms with Crippen molar-refractivity contribution in [1.82, 2.24) is 0 Å². The number of para-hydroxylation sites is 1. The van der Waals surface area contributed by atoms with E-state index < -0.39 is 11.8 Å². The molecular weight excluding hydrogens is 397 g/mol. The molecule has 28 heavy (non-hydrogen) atoms. The molecule has 0 bridgehead atoms. The molecule has 3 nitrogen and oxygen atoms in total. The van der Waals surface area contributed by atoms with Crippen molar-refractivity contribution in [2.45, 2.75) is 11.8 Å². The summed E-state index contributed by atoms with van der Waals surface area (Å²) >= 11 is 8.06. The maximum absolute atomic E-state index is 14.8. The molecule has 0 aromatic heterocycles. The number of hydrogen-bond donors (Lipinski definition) is 1. The summed E-state index contributed by atoms with van der Waals surface area (Å²) in [5, 5.41) is 9.56. The number of anilines is 2. The molecule has 0 aliphatic heterocycles. The van der Waals surface area contributed by atoms with E-state index in [1.807, 2.05) is 48.7 Å². The van der Waals surface area contributed by atoms with E-state index in [9.17, 15) is 14.3 Å². The van der Waals surface area contributed by atoms with E-state index in [0.29, 0.717) is 10.6 Å². The minimum atomic E-state index is -1.31. The normalized spacial score (nSPS) is 10.7. The Labute approximate surface area is 172 Å². The van der Waals surface area contributed by atoms with Crippen molar-refractivity contribution in [3.8, 4) is 11.1 Å². The van der Waals surface area contributed by atoms with Crippen molar-refractivity contribution in [3.63, 3.8) is 0 Å². The third kappa shape index (κ3) is 3.86. The molecule has 0 saturated heterocycles. The summed E-state index contributed by atoms with van der Waals surface area (Å²) in [6.07, 6.45) is 1.94. The van der Waals surface area contributed by atoms with Gasteiger partial charge in [0.2, 0.25) is 0 Å². The molecule has 0 heterocycles. The van der Waals surface area contributed by atoms with Crippen LogP contribution in [0.5, 0.6) is 0 Å². The predicted molar refractivity (Wildman–Crippen MR) is 115 cm³/mol. The van der Waals surface area contributed by atoms with Gasteiger partial charge in [-0.15, -0.1) is 11.8 Å². The number of thioether (sulfide) groups is 1. The monoisotopic (exact) mass is 415 g/mol. The Bertz CT molecular complexity index is 1010. The maximum Gasteiger partial charge on any atom is 0.338 e. The van der Waals surface area contributed by atoms with Crippen molar-refractivity contribution < 1.29 is 14.3 Å². The van der Waals surface area contributed by atoms with Crippen molar-refractivity contribution in [1.29, 1.82) is 0 Å². The number of benzene rings is 3. The fourth-order valence-corrected chi connectivity index (χ4v) is 4.00. The molecule has 0 saturated carbocycles. The summed E-state index contributed by atoms with van der Waals surface area (Å²) in [7, 11) is 0. The second kappa shape index (κ2) is 8.67. The van der Waals surface area contributed by atoms with Crippen LogP contribution in [0.1, 0.15) is 17.3 Å². The maximum atomic E-state index is 14.8. The van der Waals surface area contributed by atoms with Crippen LogP contribution in [-0.4, -0.2) is 23.9 Å². The molecule has 0 aliphatic rings. The Morgan fingerprint density at radius 3 is 2.43 bits per heavy atom. The third-order valence-electron chi connectivity index (χ3n) is 4.46. The van der Waals surface area contributed by atoms with Crippen LogP contribution < -0.4 is 4.90 Å². The van der Waals surface area contributed by atoms with E-state index in [0.717, 1.165) is 22.8 Å². The minimum absolute atomic E-state index is 0.175. The highest BCUT2D eigenvalue weighted by atomic mass is 35.5. The number of aromatic carboxylic acids is 1. The van der Waals surface area contributed by atoms with E-state index >= 15 is 0 Å². The lowest BCUT2D eigenvalue weighted by Crippen LogP contribution is -2.16. The Morgan fingerprint density at radius 2 is 1.82 bits per heavy atom. The predicted octanol–water partition coefficient (Wildman–Crippen LogP) is 6.72. The second-order valence-corrected chi connectivity index (χ2v) is 7.31. The number of rotatable bonds is 6. The van der Waals surface area contributed by atoms with Crippen LogP contribution in [0.25, 0.3) is 11.1 Å². The number of nitrogens with zero attached hydrogens (tertiary/aromatic N) is 1. The van der Waals surface area contributed by atoms with Gasteiger partial charge in [0.25, 0.3) is 0 Å². The largest absolute Gasteiger partial charge is 0.478 e. The first-order valence-corrected chi connectivity index (χ1v) is 10.3. The lowest BCUT2D eigenvalue weighted by Gasteiger charge is -2.26. The van der Waals surface area contributed by atoms with Crippen molar-refractivity contribution in [3.05, 3.63) is 77.1 Å². The average Bonchev–Trinajstić information content (AvgIpc) is 2.70. The third-order valence-corrected chi connectivity index (χ3v) is 5.54. The summed E-state index contributed by atoms with van der Waals surface area (Å²) in [5.41, 5.74) is 2.23. The first-order valence-electron chi connectivity index (χ1n) is 8.70. The smallest absolute Gasteiger partial charge is 0.338 e. The van der Waals surface area contributed by atoms with Crippen molar-refractivity contribution >= 4 is 40.7 Å². The second-order valence-electron chi connectivity index (χ2n) is 6.06. The molecule has 0 radical (unpaired) electrons. The molecule has 1 N–H and O–H groups in total.